The maximum atomic E-state index is 14.6. The fraction of sp³-hybridized carbons (Fsp3) is 0.348. The summed E-state index contributed by atoms with van der Waals surface area (Å²) in [5.74, 6) is 1.62. The predicted octanol–water partition coefficient (Wildman–Crippen LogP) is 1.12. The van der Waals surface area contributed by atoms with Gasteiger partial charge in [-0.3, -0.25) is 9.59 Å². The Kier molecular flexibility index (Phi) is 11.7. The number of fused-ring (bicyclic) bond motifs is 6. The molecule has 0 unspecified atom stereocenters. The number of phenols is 1. The zero-order valence-corrected chi connectivity index (χ0v) is 38.9. The molecular weight excluding hydrogens is 901 g/mol. The summed E-state index contributed by atoms with van der Waals surface area (Å²) in [5, 5.41) is 10.6. The number of benzene rings is 3. The second-order valence-corrected chi connectivity index (χ2v) is 16.3. The number of rotatable bonds is 14. The Morgan fingerprint density at radius 2 is 1.04 bits per heavy atom. The highest BCUT2D eigenvalue weighted by Crippen LogP contribution is 2.39. The quantitative estimate of drug-likeness (QED) is 0.150. The first kappa shape index (κ1) is 45.6. The summed E-state index contributed by atoms with van der Waals surface area (Å²) in [6, 6.07) is 7.72. The molecule has 0 saturated carbocycles. The molecule has 3 aromatic carbocycles. The average molecular weight is 949 g/mol. The van der Waals surface area contributed by atoms with E-state index in [9.17, 15) is 33.9 Å². The Labute approximate surface area is 389 Å². The lowest BCUT2D eigenvalue weighted by molar-refractivity contribution is 0.249. The largest absolute Gasteiger partial charge is 0.502 e. The summed E-state index contributed by atoms with van der Waals surface area (Å²) in [4.78, 5) is 94.0. The van der Waals surface area contributed by atoms with Crippen molar-refractivity contribution in [3.63, 3.8) is 0 Å². The van der Waals surface area contributed by atoms with Crippen molar-refractivity contribution >= 4 is 28.1 Å². The van der Waals surface area contributed by atoms with Crippen LogP contribution in [0.4, 0.5) is 0 Å². The lowest BCUT2D eigenvalue weighted by Gasteiger charge is -2.36. The Morgan fingerprint density at radius 1 is 0.594 bits per heavy atom. The molecule has 2 aliphatic rings. The predicted molar refractivity (Wildman–Crippen MR) is 250 cm³/mol. The van der Waals surface area contributed by atoms with Crippen LogP contribution in [0.2, 0.25) is 0 Å². The van der Waals surface area contributed by atoms with Crippen LogP contribution in [0.3, 0.4) is 0 Å². The van der Waals surface area contributed by atoms with Gasteiger partial charge < -0.3 is 42.7 Å². The van der Waals surface area contributed by atoms with E-state index in [0.29, 0.717) is 56.2 Å². The molecule has 0 saturated heterocycles. The van der Waals surface area contributed by atoms with Crippen LogP contribution in [0.1, 0.15) is 29.0 Å². The van der Waals surface area contributed by atoms with Crippen LogP contribution >= 0.6 is 0 Å². The number of aromatic nitrogens is 10. The molecule has 6 heterocycles. The molecule has 7 aromatic rings. The number of nitrogens with zero attached hydrogens (tertiary/aromatic N) is 10. The summed E-state index contributed by atoms with van der Waals surface area (Å²) in [6.07, 6.45) is 4.88. The molecule has 360 valence electrons. The van der Waals surface area contributed by atoms with Crippen molar-refractivity contribution in [3.8, 4) is 40.2 Å². The molecule has 4 aromatic heterocycles. The van der Waals surface area contributed by atoms with E-state index in [4.69, 9.17) is 28.4 Å². The van der Waals surface area contributed by atoms with Crippen molar-refractivity contribution in [2.45, 2.75) is 51.1 Å². The molecule has 0 aliphatic carbocycles. The van der Waals surface area contributed by atoms with Crippen molar-refractivity contribution in [1.29, 1.82) is 0 Å². The molecule has 69 heavy (non-hydrogen) atoms. The Hall–Kier alpha value is -8.50. The van der Waals surface area contributed by atoms with Crippen LogP contribution in [0.25, 0.3) is 28.1 Å². The topological polar surface area (TPSA) is 243 Å². The standard InChI is InChI=1S/C46H48N10O13/c1-49-31-21-36(66-5)34(64-3)19-28(31)47-26(41(49)58)12-14-51-43(60)53-16-11-25-30(10-9-24-17-38(68-7)40(57)39(18-24)69-8)55-45(62)52(44(61)54(55)23-33(25)56(53)46(51)63)15-13-27-42(59)50(2)32-22-37(67-6)35(65-4)20-29(32)48-27/h9-11,17-22,30,33,57H,12-16,23H2,1-8H3/t30-,33+/m0/s1. The Balaban J connectivity index is 1.11. The molecule has 23 nitrogen and oxygen atoms in total. The summed E-state index contributed by atoms with van der Waals surface area (Å²) in [7, 11) is 11.8. The first-order chi connectivity index (χ1) is 33.2. The monoisotopic (exact) mass is 948 g/mol. The number of hydrogen-bond acceptors (Lipinski definition) is 15. The number of allylic oxidation sites excluding steroid dienone is 3. The van der Waals surface area contributed by atoms with Gasteiger partial charge in [-0.15, -0.1) is 0 Å². The van der Waals surface area contributed by atoms with Crippen LogP contribution in [0, 0.1) is 0 Å². The normalized spacial score (nSPS) is 15.2. The van der Waals surface area contributed by atoms with Gasteiger partial charge in [-0.2, -0.15) is 0 Å². The van der Waals surface area contributed by atoms with Crippen molar-refractivity contribution in [2.24, 2.45) is 14.1 Å². The van der Waals surface area contributed by atoms with Gasteiger partial charge in [-0.25, -0.2) is 57.0 Å². The van der Waals surface area contributed by atoms with E-state index in [1.54, 1.807) is 68.7 Å². The van der Waals surface area contributed by atoms with E-state index in [1.807, 2.05) is 0 Å². The van der Waals surface area contributed by atoms with E-state index < -0.39 is 46.0 Å². The average Bonchev–Trinajstić information content (AvgIpc) is 3.75. The minimum Gasteiger partial charge on any atom is -0.502 e. The molecule has 1 N–H and O–H groups in total. The maximum Gasteiger partial charge on any atom is 0.348 e. The smallest absolute Gasteiger partial charge is 0.348 e. The maximum absolute atomic E-state index is 14.6. The lowest BCUT2D eigenvalue weighted by atomic mass is 9.94. The van der Waals surface area contributed by atoms with Gasteiger partial charge >= 0.3 is 22.8 Å². The zero-order valence-electron chi connectivity index (χ0n) is 38.9. The molecule has 0 radical (unpaired) electrons. The van der Waals surface area contributed by atoms with Gasteiger partial charge in [0.2, 0.25) is 5.75 Å². The highest BCUT2D eigenvalue weighted by atomic mass is 16.5. The molecule has 0 fully saturated rings. The fourth-order valence-electron chi connectivity index (χ4n) is 9.23. The Bertz CT molecular complexity index is 3670. The molecule has 0 bridgehead atoms. The molecule has 23 heteroatoms. The van der Waals surface area contributed by atoms with Crippen LogP contribution in [0.5, 0.6) is 40.2 Å². The summed E-state index contributed by atoms with van der Waals surface area (Å²) < 4.78 is 42.3. The summed E-state index contributed by atoms with van der Waals surface area (Å²) in [6.45, 7) is -0.729. The van der Waals surface area contributed by atoms with Crippen LogP contribution < -0.4 is 62.3 Å². The molecule has 2 atom stereocenters. The highest BCUT2D eigenvalue weighted by Gasteiger charge is 2.40. The van der Waals surface area contributed by atoms with Crippen molar-refractivity contribution in [1.82, 2.24) is 47.0 Å². The molecule has 2 aliphatic heterocycles. The van der Waals surface area contributed by atoms with Gasteiger partial charge in [0.1, 0.15) is 11.4 Å². The molecular formula is C46H48N10O13. The fourth-order valence-corrected chi connectivity index (χ4v) is 9.23. The van der Waals surface area contributed by atoms with Crippen molar-refractivity contribution < 1.29 is 33.5 Å². The third kappa shape index (κ3) is 7.36. The van der Waals surface area contributed by atoms with E-state index in [1.165, 1.54) is 70.5 Å². The van der Waals surface area contributed by atoms with E-state index >= 15 is 0 Å². The van der Waals surface area contributed by atoms with E-state index in [0.717, 1.165) is 9.13 Å². The van der Waals surface area contributed by atoms with Crippen molar-refractivity contribution in [3.05, 3.63) is 134 Å². The second kappa shape index (κ2) is 17.6. The summed E-state index contributed by atoms with van der Waals surface area (Å²) in [5.41, 5.74) is -0.594. The number of ether oxygens (including phenoxy) is 6. The van der Waals surface area contributed by atoms with Crippen LogP contribution in [0.15, 0.2) is 82.9 Å². The second-order valence-electron chi connectivity index (χ2n) is 16.3. The minimum absolute atomic E-state index is 0.0665. The molecule has 0 amide bonds. The highest BCUT2D eigenvalue weighted by molar-refractivity contribution is 5.80. The first-order valence-corrected chi connectivity index (χ1v) is 21.6. The van der Waals surface area contributed by atoms with Crippen LogP contribution in [-0.2, 0) is 53.1 Å². The third-order valence-corrected chi connectivity index (χ3v) is 12.8. The number of aromatic hydroxyl groups is 1. The van der Waals surface area contributed by atoms with Crippen LogP contribution in [-0.4, -0.2) is 94.7 Å². The lowest BCUT2D eigenvalue weighted by Crippen LogP contribution is -2.46. The van der Waals surface area contributed by atoms with E-state index in [-0.39, 0.29) is 67.7 Å². The first-order valence-electron chi connectivity index (χ1n) is 21.6. The number of methoxy groups -OCH3 is 6. The number of aryl methyl sites for hydroxylation is 4. The molecule has 0 spiro atoms. The third-order valence-electron chi connectivity index (χ3n) is 12.8. The van der Waals surface area contributed by atoms with Gasteiger partial charge in [0.05, 0.1) is 89.9 Å². The van der Waals surface area contributed by atoms with Crippen molar-refractivity contribution in [2.75, 3.05) is 42.7 Å². The SMILES string of the molecule is COc1cc2nc(CCn3c(=O)n4n(c3=O)[C@@H]3Cn5c(=O)n(CCc6nc7cc(OC)c(OC)cc7n(C)c6=O)c(=O)n5[C@@H](C=Cc5cc(OC)c(O)c(OC)c5)C3=CC4)c(=O)n(C)c2cc1OC. The Morgan fingerprint density at radius 3 is 1.52 bits per heavy atom. The van der Waals surface area contributed by atoms with Gasteiger partial charge in [0, 0.05) is 64.3 Å². The van der Waals surface area contributed by atoms with Gasteiger partial charge in [-0.05, 0) is 23.3 Å². The van der Waals surface area contributed by atoms with Gasteiger partial charge in [-0.1, -0.05) is 18.2 Å². The summed E-state index contributed by atoms with van der Waals surface area (Å²) >= 11 is 0. The zero-order chi connectivity index (χ0) is 49.2. The van der Waals surface area contributed by atoms with Gasteiger partial charge in [0.25, 0.3) is 11.1 Å². The molecule has 9 rings (SSSR count). The van der Waals surface area contributed by atoms with E-state index in [2.05, 4.69) is 9.97 Å². The minimum atomic E-state index is -0.996. The van der Waals surface area contributed by atoms with Gasteiger partial charge in [0.15, 0.2) is 34.5 Å². The number of phenolic OH excluding ortho intramolecular Hbond substituents is 1. The number of hydrogen-bond donors (Lipinski definition) is 1.